The van der Waals surface area contributed by atoms with E-state index < -0.39 is 27.9 Å². The molecule has 12 heteroatoms. The molecule has 0 aromatic heterocycles. The molecule has 2 fully saturated rings. The van der Waals surface area contributed by atoms with E-state index in [9.17, 15) is 17.6 Å². The molecule has 2 heterocycles. The number of piperidine rings is 1. The van der Waals surface area contributed by atoms with Gasteiger partial charge in [-0.3, -0.25) is 10.7 Å². The molecule has 172 valence electrons. The zero-order valence-electron chi connectivity index (χ0n) is 17.3. The summed E-state index contributed by atoms with van der Waals surface area (Å²) in [5, 5.41) is 8.94. The SMILES string of the molecule is CCS(=O)(=O)N1CCC(OC2CN(c3cccc(COC(=O)NC(=N)N)c3F)C2)CC1. The average Bonchev–Trinajstić information content (AvgIpc) is 2.70. The largest absolute Gasteiger partial charge is 0.444 e. The molecule has 3 rings (SSSR count). The number of nitrogens with zero attached hydrogens (tertiary/aromatic N) is 2. The number of anilines is 1. The lowest BCUT2D eigenvalue weighted by Crippen LogP contribution is -2.55. The van der Waals surface area contributed by atoms with Gasteiger partial charge in [0.25, 0.3) is 0 Å². The topological polar surface area (TPSA) is 138 Å². The van der Waals surface area contributed by atoms with Gasteiger partial charge in [-0.2, -0.15) is 0 Å². The monoisotopic (exact) mass is 457 g/mol. The van der Waals surface area contributed by atoms with Crippen molar-refractivity contribution < 1.29 is 27.1 Å². The Morgan fingerprint density at radius 2 is 1.97 bits per heavy atom. The van der Waals surface area contributed by atoms with Crippen molar-refractivity contribution in [3.05, 3.63) is 29.6 Å². The Hall–Kier alpha value is -2.44. The molecule has 31 heavy (non-hydrogen) atoms. The van der Waals surface area contributed by atoms with E-state index in [1.165, 1.54) is 10.4 Å². The van der Waals surface area contributed by atoms with Crippen LogP contribution in [0.3, 0.4) is 0 Å². The van der Waals surface area contributed by atoms with Crippen LogP contribution in [-0.2, 0) is 26.1 Å². The van der Waals surface area contributed by atoms with Crippen molar-refractivity contribution in [1.82, 2.24) is 9.62 Å². The van der Waals surface area contributed by atoms with Gasteiger partial charge in [-0.15, -0.1) is 0 Å². The fraction of sp³-hybridized carbons (Fsp3) is 0.579. The second kappa shape index (κ2) is 9.79. The standard InChI is InChI=1S/C19H28FN5O5S/c1-2-31(27,28)25-8-6-14(7-9-25)30-15-10-24(11-15)16-5-3-4-13(17(16)20)12-29-19(26)23-18(21)22/h3-5,14-15H,2,6-12H2,1H3,(H4,21,22,23,26). The molecule has 1 amide bonds. The number of carbonyl (C=O) groups is 1. The molecular weight excluding hydrogens is 429 g/mol. The Labute approximate surface area is 181 Å². The maximum atomic E-state index is 14.8. The van der Waals surface area contributed by atoms with Gasteiger partial charge in [-0.25, -0.2) is 21.9 Å². The highest BCUT2D eigenvalue weighted by atomic mass is 32.2. The first-order valence-electron chi connectivity index (χ1n) is 10.1. The summed E-state index contributed by atoms with van der Waals surface area (Å²) in [4.78, 5) is 13.3. The molecule has 0 spiro atoms. The van der Waals surface area contributed by atoms with Gasteiger partial charge in [0.05, 0.1) is 23.6 Å². The van der Waals surface area contributed by atoms with Gasteiger partial charge < -0.3 is 20.1 Å². The van der Waals surface area contributed by atoms with Crippen LogP contribution in [0.5, 0.6) is 0 Å². The Morgan fingerprint density at radius 1 is 1.29 bits per heavy atom. The lowest BCUT2D eigenvalue weighted by molar-refractivity contribution is -0.0453. The van der Waals surface area contributed by atoms with Crippen LogP contribution in [0.1, 0.15) is 25.3 Å². The van der Waals surface area contributed by atoms with Crippen molar-refractivity contribution in [2.24, 2.45) is 5.73 Å². The molecule has 0 atom stereocenters. The molecule has 0 radical (unpaired) electrons. The molecule has 1 aromatic carbocycles. The van der Waals surface area contributed by atoms with Gasteiger partial charge >= 0.3 is 6.09 Å². The minimum absolute atomic E-state index is 0.000161. The smallest absolute Gasteiger partial charge is 0.414 e. The summed E-state index contributed by atoms with van der Waals surface area (Å²) in [5.41, 5.74) is 5.66. The highest BCUT2D eigenvalue weighted by molar-refractivity contribution is 7.89. The van der Waals surface area contributed by atoms with Gasteiger partial charge in [-0.1, -0.05) is 12.1 Å². The summed E-state index contributed by atoms with van der Waals surface area (Å²) in [6, 6.07) is 4.85. The number of rotatable bonds is 7. The van der Waals surface area contributed by atoms with Crippen LogP contribution >= 0.6 is 0 Å². The van der Waals surface area contributed by atoms with Crippen molar-refractivity contribution >= 4 is 27.8 Å². The molecule has 2 aliphatic heterocycles. The highest BCUT2D eigenvalue weighted by Gasteiger charge is 2.34. The number of sulfonamides is 1. The Kier molecular flexibility index (Phi) is 7.34. The van der Waals surface area contributed by atoms with Gasteiger partial charge in [0.1, 0.15) is 6.61 Å². The number of amides is 1. The summed E-state index contributed by atoms with van der Waals surface area (Å²) >= 11 is 0. The zero-order valence-corrected chi connectivity index (χ0v) is 18.2. The number of alkyl carbamates (subject to hydrolysis) is 1. The summed E-state index contributed by atoms with van der Waals surface area (Å²) in [6.45, 7) is 3.34. The van der Waals surface area contributed by atoms with Crippen molar-refractivity contribution in [3.8, 4) is 0 Å². The van der Waals surface area contributed by atoms with E-state index in [2.05, 4.69) is 0 Å². The molecule has 10 nitrogen and oxygen atoms in total. The van der Waals surface area contributed by atoms with Crippen LogP contribution in [0, 0.1) is 11.2 Å². The van der Waals surface area contributed by atoms with E-state index in [0.29, 0.717) is 44.7 Å². The van der Waals surface area contributed by atoms with E-state index in [0.717, 1.165) is 0 Å². The molecule has 1 aromatic rings. The molecule has 0 aliphatic carbocycles. The molecule has 0 saturated carbocycles. The molecule has 4 N–H and O–H groups in total. The van der Waals surface area contributed by atoms with Crippen molar-refractivity contribution in [1.29, 1.82) is 5.41 Å². The number of halogens is 1. The Balaban J connectivity index is 1.47. The Morgan fingerprint density at radius 3 is 2.58 bits per heavy atom. The van der Waals surface area contributed by atoms with E-state index in [-0.39, 0.29) is 30.1 Å². The van der Waals surface area contributed by atoms with Crippen LogP contribution in [0.15, 0.2) is 18.2 Å². The predicted octanol–water partition coefficient (Wildman–Crippen LogP) is 0.965. The molecule has 2 saturated heterocycles. The minimum Gasteiger partial charge on any atom is -0.444 e. The number of nitrogens with one attached hydrogen (secondary N) is 2. The highest BCUT2D eigenvalue weighted by Crippen LogP contribution is 2.29. The van der Waals surface area contributed by atoms with Gasteiger partial charge in [-0.05, 0) is 25.8 Å². The second-order valence-corrected chi connectivity index (χ2v) is 9.78. The lowest BCUT2D eigenvalue weighted by atomic mass is 10.1. The van der Waals surface area contributed by atoms with Crippen LogP contribution in [0.4, 0.5) is 14.9 Å². The summed E-state index contributed by atoms with van der Waals surface area (Å²) in [7, 11) is -3.16. The van der Waals surface area contributed by atoms with E-state index in [1.54, 1.807) is 19.1 Å². The normalized spacial score (nSPS) is 18.5. The first-order valence-corrected chi connectivity index (χ1v) is 11.7. The summed E-state index contributed by atoms with van der Waals surface area (Å²) in [5.74, 6) is -0.925. The maximum Gasteiger partial charge on any atom is 0.414 e. The average molecular weight is 458 g/mol. The van der Waals surface area contributed by atoms with Crippen molar-refractivity contribution in [3.63, 3.8) is 0 Å². The van der Waals surface area contributed by atoms with E-state index in [1.807, 2.05) is 10.2 Å². The predicted molar refractivity (Wildman–Crippen MR) is 113 cm³/mol. The zero-order chi connectivity index (χ0) is 22.6. The minimum atomic E-state index is -3.16. The van der Waals surface area contributed by atoms with E-state index >= 15 is 0 Å². The quantitative estimate of drug-likeness (QED) is 0.410. The summed E-state index contributed by atoms with van der Waals surface area (Å²) in [6.07, 6.45) is 0.339. The number of nitrogens with two attached hydrogens (primary N) is 1. The molecule has 0 bridgehead atoms. The van der Waals surface area contributed by atoms with Crippen LogP contribution < -0.4 is 16.0 Å². The number of hydrogen-bond donors (Lipinski definition) is 3. The van der Waals surface area contributed by atoms with Crippen LogP contribution in [0.2, 0.25) is 0 Å². The number of carbonyl (C=O) groups excluding carboxylic acids is 1. The number of ether oxygens (including phenoxy) is 2. The fourth-order valence-corrected chi connectivity index (χ4v) is 4.77. The van der Waals surface area contributed by atoms with Gasteiger partial charge in [0.2, 0.25) is 10.0 Å². The van der Waals surface area contributed by atoms with Gasteiger partial charge in [0.15, 0.2) is 11.8 Å². The number of guanidine groups is 1. The van der Waals surface area contributed by atoms with Crippen LogP contribution in [-0.4, -0.2) is 68.9 Å². The second-order valence-electron chi connectivity index (χ2n) is 7.53. The molecule has 2 aliphatic rings. The molecule has 0 unspecified atom stereocenters. The molecular formula is C19H28FN5O5S. The van der Waals surface area contributed by atoms with Crippen molar-refractivity contribution in [2.75, 3.05) is 36.8 Å². The van der Waals surface area contributed by atoms with E-state index in [4.69, 9.17) is 20.6 Å². The Bertz CT molecular complexity index is 914. The first kappa shape index (κ1) is 23.2. The summed E-state index contributed by atoms with van der Waals surface area (Å²) < 4.78 is 51.1. The first-order chi connectivity index (χ1) is 14.7. The fourth-order valence-electron chi connectivity index (χ4n) is 3.63. The van der Waals surface area contributed by atoms with Crippen LogP contribution in [0.25, 0.3) is 0 Å². The number of benzene rings is 1. The van der Waals surface area contributed by atoms with Crippen molar-refractivity contribution in [2.45, 2.75) is 38.6 Å². The third-order valence-corrected chi connectivity index (χ3v) is 7.27. The lowest BCUT2D eigenvalue weighted by Gasteiger charge is -2.43. The maximum absolute atomic E-state index is 14.8. The van der Waals surface area contributed by atoms with Gasteiger partial charge in [0, 0.05) is 31.7 Å². The third kappa shape index (κ3) is 5.83. The number of hydrogen-bond acceptors (Lipinski definition) is 7. The third-order valence-electron chi connectivity index (χ3n) is 5.39.